The summed E-state index contributed by atoms with van der Waals surface area (Å²) in [6.07, 6.45) is 1.60. The van der Waals surface area contributed by atoms with Gasteiger partial charge in [-0.05, 0) is 31.0 Å². The van der Waals surface area contributed by atoms with Crippen LogP contribution in [0.3, 0.4) is 0 Å². The number of hydrogen-bond donors (Lipinski definition) is 4. The first-order valence-corrected chi connectivity index (χ1v) is 9.32. The Morgan fingerprint density at radius 1 is 1.33 bits per heavy atom. The van der Waals surface area contributed by atoms with Gasteiger partial charge in [0, 0.05) is 36.6 Å². The number of carbonyl (C=O) groups is 1. The molecule has 1 saturated heterocycles. The molecule has 1 amide bonds. The van der Waals surface area contributed by atoms with Crippen molar-refractivity contribution in [2.75, 3.05) is 35.7 Å². The van der Waals surface area contributed by atoms with Crippen LogP contribution in [0.4, 0.5) is 27.9 Å². The summed E-state index contributed by atoms with van der Waals surface area (Å²) < 4.78 is 5.20. The van der Waals surface area contributed by atoms with Gasteiger partial charge in [0.15, 0.2) is 0 Å². The molecule has 1 aromatic heterocycles. The van der Waals surface area contributed by atoms with Crippen LogP contribution in [0.5, 0.6) is 5.75 Å². The molecule has 0 radical (unpaired) electrons. The van der Waals surface area contributed by atoms with Crippen LogP contribution >= 0.6 is 24.8 Å². The summed E-state index contributed by atoms with van der Waals surface area (Å²) in [5, 5.41) is 14.5. The Bertz CT molecular complexity index is 855. The van der Waals surface area contributed by atoms with Crippen molar-refractivity contribution in [2.45, 2.75) is 32.2 Å². The second-order valence-electron chi connectivity index (χ2n) is 6.76. The van der Waals surface area contributed by atoms with Crippen molar-refractivity contribution in [3.05, 3.63) is 30.0 Å². The number of methoxy groups -OCH3 is 1. The van der Waals surface area contributed by atoms with E-state index < -0.39 is 6.09 Å². The number of benzene rings is 1. The third-order valence-corrected chi connectivity index (χ3v) is 4.52. The molecule has 0 saturated carbocycles. The van der Waals surface area contributed by atoms with Crippen LogP contribution in [0, 0.1) is 0 Å². The summed E-state index contributed by atoms with van der Waals surface area (Å²) in [5.74, 6) is 1.75. The maximum atomic E-state index is 11.0. The van der Waals surface area contributed by atoms with Gasteiger partial charge in [0.2, 0.25) is 5.95 Å². The van der Waals surface area contributed by atoms with Gasteiger partial charge >= 0.3 is 6.09 Å². The number of halogens is 2. The number of carboxylic acid groups (broad SMARTS) is 1. The lowest BCUT2D eigenvalue weighted by molar-refractivity contribution is 0.209. The number of amides is 1. The zero-order valence-corrected chi connectivity index (χ0v) is 18.6. The molecule has 1 fully saturated rings. The highest BCUT2D eigenvalue weighted by molar-refractivity contribution is 5.86. The summed E-state index contributed by atoms with van der Waals surface area (Å²) >= 11 is 0. The maximum Gasteiger partial charge on any atom is 0.409 e. The van der Waals surface area contributed by atoms with Crippen molar-refractivity contribution in [1.29, 1.82) is 0 Å². The van der Waals surface area contributed by atoms with Gasteiger partial charge in [0.1, 0.15) is 11.6 Å². The molecule has 1 aliphatic rings. The van der Waals surface area contributed by atoms with Gasteiger partial charge in [-0.2, -0.15) is 4.98 Å². The van der Waals surface area contributed by atoms with Gasteiger partial charge in [-0.15, -0.1) is 24.8 Å². The van der Waals surface area contributed by atoms with Crippen LogP contribution in [0.15, 0.2) is 24.3 Å². The molecular weight excluding hydrogens is 431 g/mol. The van der Waals surface area contributed by atoms with Crippen molar-refractivity contribution >= 4 is 54.0 Å². The van der Waals surface area contributed by atoms with Crippen molar-refractivity contribution < 1.29 is 14.6 Å². The number of rotatable bonds is 7. The second kappa shape index (κ2) is 11.6. The molecule has 1 aliphatic heterocycles. The minimum Gasteiger partial charge on any atom is -0.495 e. The SMILES string of the molecule is CCCc1cc(N2CCC(N)C2)nc(Nc2ccc(OC)c(NC(=O)O)c2)n1.Cl.Cl. The molecule has 0 spiro atoms. The van der Waals surface area contributed by atoms with E-state index in [4.69, 9.17) is 15.6 Å². The zero-order valence-electron chi connectivity index (χ0n) is 16.9. The van der Waals surface area contributed by atoms with E-state index in [2.05, 4.69) is 32.4 Å². The Kier molecular flexibility index (Phi) is 9.91. The van der Waals surface area contributed by atoms with E-state index in [-0.39, 0.29) is 30.9 Å². The number of aromatic nitrogens is 2. The molecule has 1 aromatic carbocycles. The second-order valence-corrected chi connectivity index (χ2v) is 6.76. The standard InChI is InChI=1S/C19H26N6O3.2ClH/c1-3-4-13-10-17(25-8-7-12(20)11-25)24-18(21-13)22-14-5-6-16(28-2)15(9-14)23-19(26)27;;/h5-6,9-10,12,23H,3-4,7-8,11,20H2,1-2H3,(H,26,27)(H,21,22,24);2*1H. The molecule has 1 unspecified atom stereocenters. The Labute approximate surface area is 188 Å². The van der Waals surface area contributed by atoms with Crippen LogP contribution in [0.1, 0.15) is 25.5 Å². The highest BCUT2D eigenvalue weighted by atomic mass is 35.5. The molecule has 166 valence electrons. The van der Waals surface area contributed by atoms with Gasteiger partial charge in [0.05, 0.1) is 12.8 Å². The normalized spacial score (nSPS) is 15.0. The van der Waals surface area contributed by atoms with Gasteiger partial charge in [-0.3, -0.25) is 5.32 Å². The predicted octanol–water partition coefficient (Wildman–Crippen LogP) is 3.65. The van der Waals surface area contributed by atoms with Gasteiger partial charge in [-0.1, -0.05) is 13.3 Å². The minimum atomic E-state index is -1.16. The van der Waals surface area contributed by atoms with E-state index >= 15 is 0 Å². The highest BCUT2D eigenvalue weighted by Crippen LogP contribution is 2.29. The summed E-state index contributed by atoms with van der Waals surface area (Å²) in [7, 11) is 1.49. The Morgan fingerprint density at radius 2 is 2.10 bits per heavy atom. The molecule has 0 bridgehead atoms. The monoisotopic (exact) mass is 458 g/mol. The number of nitrogens with two attached hydrogens (primary N) is 1. The number of aryl methyl sites for hydroxylation is 1. The first kappa shape index (κ1) is 25.5. The molecule has 2 aromatic rings. The molecule has 11 heteroatoms. The fourth-order valence-corrected chi connectivity index (χ4v) is 3.21. The molecule has 3 rings (SSSR count). The number of nitrogens with one attached hydrogen (secondary N) is 2. The van der Waals surface area contributed by atoms with Gasteiger partial charge < -0.3 is 25.8 Å². The van der Waals surface area contributed by atoms with Crippen molar-refractivity contribution in [2.24, 2.45) is 5.73 Å². The third-order valence-electron chi connectivity index (χ3n) is 4.52. The molecule has 2 heterocycles. The molecule has 1 atom stereocenters. The van der Waals surface area contributed by atoms with Crippen molar-refractivity contribution in [3.63, 3.8) is 0 Å². The topological polar surface area (TPSA) is 126 Å². The predicted molar refractivity (Wildman–Crippen MR) is 123 cm³/mol. The van der Waals surface area contributed by atoms with Crippen LogP contribution in [-0.4, -0.2) is 47.4 Å². The number of ether oxygens (including phenoxy) is 1. The van der Waals surface area contributed by atoms with Crippen LogP contribution in [-0.2, 0) is 6.42 Å². The van der Waals surface area contributed by atoms with E-state index in [1.807, 2.05) is 6.07 Å². The average molecular weight is 459 g/mol. The van der Waals surface area contributed by atoms with E-state index in [0.29, 0.717) is 23.1 Å². The van der Waals surface area contributed by atoms with Crippen LogP contribution in [0.2, 0.25) is 0 Å². The Balaban J connectivity index is 0.00000225. The minimum absolute atomic E-state index is 0. The highest BCUT2D eigenvalue weighted by Gasteiger charge is 2.21. The van der Waals surface area contributed by atoms with E-state index in [0.717, 1.165) is 43.9 Å². The maximum absolute atomic E-state index is 11.0. The fourth-order valence-electron chi connectivity index (χ4n) is 3.21. The van der Waals surface area contributed by atoms with E-state index in [1.54, 1.807) is 18.2 Å². The quantitative estimate of drug-likeness (QED) is 0.495. The zero-order chi connectivity index (χ0) is 20.1. The van der Waals surface area contributed by atoms with Crippen molar-refractivity contribution in [3.8, 4) is 5.75 Å². The van der Waals surface area contributed by atoms with E-state index in [1.165, 1.54) is 7.11 Å². The summed E-state index contributed by atoms with van der Waals surface area (Å²) in [6.45, 7) is 3.75. The Hall–Kier alpha value is -2.49. The summed E-state index contributed by atoms with van der Waals surface area (Å²) in [4.78, 5) is 22.4. The number of hydrogen-bond acceptors (Lipinski definition) is 7. The largest absolute Gasteiger partial charge is 0.495 e. The smallest absolute Gasteiger partial charge is 0.409 e. The molecule has 0 aliphatic carbocycles. The average Bonchev–Trinajstić information content (AvgIpc) is 3.08. The number of nitrogens with zero attached hydrogens (tertiary/aromatic N) is 3. The molecular formula is C19H28Cl2N6O3. The fraction of sp³-hybridized carbons (Fsp3) is 0.421. The van der Waals surface area contributed by atoms with Crippen LogP contribution < -0.4 is 26.0 Å². The van der Waals surface area contributed by atoms with Crippen LogP contribution in [0.25, 0.3) is 0 Å². The molecule has 9 nitrogen and oxygen atoms in total. The lowest BCUT2D eigenvalue weighted by Gasteiger charge is -2.19. The lowest BCUT2D eigenvalue weighted by Crippen LogP contribution is -2.27. The van der Waals surface area contributed by atoms with Gasteiger partial charge in [-0.25, -0.2) is 9.78 Å². The Morgan fingerprint density at radius 3 is 2.70 bits per heavy atom. The van der Waals surface area contributed by atoms with Gasteiger partial charge in [0.25, 0.3) is 0 Å². The first-order chi connectivity index (χ1) is 13.5. The van der Waals surface area contributed by atoms with Crippen molar-refractivity contribution in [1.82, 2.24) is 9.97 Å². The summed E-state index contributed by atoms with van der Waals surface area (Å²) in [6, 6.07) is 7.29. The summed E-state index contributed by atoms with van der Waals surface area (Å²) in [5.41, 5.74) is 7.99. The molecule has 30 heavy (non-hydrogen) atoms. The first-order valence-electron chi connectivity index (χ1n) is 9.32. The lowest BCUT2D eigenvalue weighted by atomic mass is 10.2. The molecule has 5 N–H and O–H groups in total. The number of anilines is 4. The van der Waals surface area contributed by atoms with E-state index in [9.17, 15) is 4.79 Å². The third kappa shape index (κ3) is 6.51.